The van der Waals surface area contributed by atoms with Crippen LogP contribution in [0.1, 0.15) is 17.1 Å². The molecule has 10 nitrogen and oxygen atoms in total. The standard InChI is InChI=1S/C23H22N6O4S/c1-14-3-5-15(6-4-14)24-21(31)13-34-23-28-27-19(11-16-12-20(30)26-22(32)25-16)29(23)17-7-9-18(33-2)10-8-17/h3-10,12H,11,13H2,1-2H3,(H,24,31)(H2,25,26,30,32). The largest absolute Gasteiger partial charge is 0.497 e. The van der Waals surface area contributed by atoms with Gasteiger partial charge in [-0.15, -0.1) is 10.2 Å². The lowest BCUT2D eigenvalue weighted by Gasteiger charge is -2.11. The van der Waals surface area contributed by atoms with Crippen LogP contribution in [0.3, 0.4) is 0 Å². The summed E-state index contributed by atoms with van der Waals surface area (Å²) in [5.41, 5.74) is 1.86. The summed E-state index contributed by atoms with van der Waals surface area (Å²) in [6.45, 7) is 1.98. The topological polar surface area (TPSA) is 135 Å². The molecule has 0 unspecified atom stereocenters. The first kappa shape index (κ1) is 23.1. The van der Waals surface area contributed by atoms with Crippen molar-refractivity contribution >= 4 is 23.4 Å². The lowest BCUT2D eigenvalue weighted by Crippen LogP contribution is -2.23. The molecule has 0 spiro atoms. The molecule has 3 N–H and O–H groups in total. The number of hydrogen-bond acceptors (Lipinski definition) is 7. The van der Waals surface area contributed by atoms with Crippen molar-refractivity contribution in [3.8, 4) is 11.4 Å². The van der Waals surface area contributed by atoms with E-state index < -0.39 is 11.2 Å². The molecule has 2 aromatic heterocycles. The molecule has 1 amide bonds. The van der Waals surface area contributed by atoms with Gasteiger partial charge in [-0.3, -0.25) is 19.1 Å². The van der Waals surface area contributed by atoms with Crippen molar-refractivity contribution < 1.29 is 9.53 Å². The van der Waals surface area contributed by atoms with E-state index in [1.807, 2.05) is 43.3 Å². The first-order valence-corrected chi connectivity index (χ1v) is 11.3. The van der Waals surface area contributed by atoms with E-state index in [4.69, 9.17) is 4.74 Å². The van der Waals surface area contributed by atoms with Crippen LogP contribution in [-0.4, -0.2) is 43.5 Å². The summed E-state index contributed by atoms with van der Waals surface area (Å²) < 4.78 is 7.02. The number of carbonyl (C=O) groups excluding carboxylic acids is 1. The van der Waals surface area contributed by atoms with Gasteiger partial charge >= 0.3 is 5.69 Å². The van der Waals surface area contributed by atoms with Crippen LogP contribution in [0.25, 0.3) is 5.69 Å². The zero-order chi connectivity index (χ0) is 24.1. The van der Waals surface area contributed by atoms with Crippen molar-refractivity contribution in [1.29, 1.82) is 0 Å². The zero-order valence-electron chi connectivity index (χ0n) is 18.5. The van der Waals surface area contributed by atoms with E-state index in [9.17, 15) is 14.4 Å². The SMILES string of the molecule is COc1ccc(-n2c(Cc3cc(=O)[nH]c(=O)[nH]3)nnc2SCC(=O)Nc2ccc(C)cc2)cc1. The van der Waals surface area contributed by atoms with E-state index in [1.165, 1.54) is 17.8 Å². The molecule has 0 radical (unpaired) electrons. The third-order valence-corrected chi connectivity index (χ3v) is 5.79. The highest BCUT2D eigenvalue weighted by Gasteiger charge is 2.17. The van der Waals surface area contributed by atoms with Gasteiger partial charge < -0.3 is 15.0 Å². The Labute approximate surface area is 198 Å². The molecule has 0 aliphatic carbocycles. The lowest BCUT2D eigenvalue weighted by molar-refractivity contribution is -0.113. The number of ether oxygens (including phenoxy) is 1. The maximum absolute atomic E-state index is 12.5. The second-order valence-corrected chi connectivity index (χ2v) is 8.37. The number of rotatable bonds is 8. The average molecular weight is 479 g/mol. The number of benzene rings is 2. The molecule has 0 fully saturated rings. The number of aryl methyl sites for hydroxylation is 1. The molecule has 0 aliphatic heterocycles. The molecule has 4 rings (SSSR count). The summed E-state index contributed by atoms with van der Waals surface area (Å²) in [6, 6.07) is 16.1. The molecule has 2 aromatic carbocycles. The van der Waals surface area contributed by atoms with Crippen LogP contribution < -0.4 is 21.3 Å². The van der Waals surface area contributed by atoms with Gasteiger partial charge in [-0.1, -0.05) is 29.5 Å². The number of nitrogens with zero attached hydrogens (tertiary/aromatic N) is 3. The van der Waals surface area contributed by atoms with E-state index in [0.717, 1.165) is 11.3 Å². The van der Waals surface area contributed by atoms with E-state index in [-0.39, 0.29) is 18.1 Å². The summed E-state index contributed by atoms with van der Waals surface area (Å²) in [5.74, 6) is 1.11. The van der Waals surface area contributed by atoms with Crippen LogP contribution in [0.2, 0.25) is 0 Å². The Morgan fingerprint density at radius 1 is 1.06 bits per heavy atom. The number of H-pyrrole nitrogens is 2. The van der Waals surface area contributed by atoms with Crippen LogP contribution in [-0.2, 0) is 11.2 Å². The van der Waals surface area contributed by atoms with Gasteiger partial charge in [0.25, 0.3) is 5.56 Å². The second kappa shape index (κ2) is 10.2. The van der Waals surface area contributed by atoms with Crippen LogP contribution in [0.5, 0.6) is 5.75 Å². The minimum absolute atomic E-state index is 0.115. The van der Waals surface area contributed by atoms with Gasteiger partial charge in [-0.05, 0) is 43.3 Å². The van der Waals surface area contributed by atoms with Crippen LogP contribution in [0, 0.1) is 6.92 Å². The number of carbonyl (C=O) groups is 1. The Hall–Kier alpha value is -4.12. The van der Waals surface area contributed by atoms with Crippen molar-refractivity contribution in [2.24, 2.45) is 0 Å². The van der Waals surface area contributed by atoms with Crippen LogP contribution in [0.4, 0.5) is 5.69 Å². The van der Waals surface area contributed by atoms with Crippen molar-refractivity contribution in [1.82, 2.24) is 24.7 Å². The first-order chi connectivity index (χ1) is 16.4. The number of thioether (sulfide) groups is 1. The molecule has 0 atom stereocenters. The minimum Gasteiger partial charge on any atom is -0.497 e. The third-order valence-electron chi connectivity index (χ3n) is 4.86. The number of nitrogens with one attached hydrogen (secondary N) is 3. The third kappa shape index (κ3) is 5.62. The monoisotopic (exact) mass is 478 g/mol. The number of aromatic nitrogens is 5. The summed E-state index contributed by atoms with van der Waals surface area (Å²) >= 11 is 1.23. The maximum atomic E-state index is 12.5. The predicted octanol–water partition coefficient (Wildman–Crippen LogP) is 2.28. The average Bonchev–Trinajstić information content (AvgIpc) is 3.21. The number of methoxy groups -OCH3 is 1. The van der Waals surface area contributed by atoms with E-state index >= 15 is 0 Å². The van der Waals surface area contributed by atoms with Gasteiger partial charge in [0.1, 0.15) is 11.6 Å². The smallest absolute Gasteiger partial charge is 0.325 e. The second-order valence-electron chi connectivity index (χ2n) is 7.42. The van der Waals surface area contributed by atoms with Gasteiger partial charge in [0.05, 0.1) is 12.9 Å². The van der Waals surface area contributed by atoms with Crippen LogP contribution >= 0.6 is 11.8 Å². The number of hydrogen-bond donors (Lipinski definition) is 3. The highest BCUT2D eigenvalue weighted by Crippen LogP contribution is 2.25. The molecule has 11 heteroatoms. The Bertz CT molecular complexity index is 1380. The van der Waals surface area contributed by atoms with Gasteiger partial charge in [0.15, 0.2) is 5.16 Å². The fourth-order valence-electron chi connectivity index (χ4n) is 3.25. The Kier molecular flexibility index (Phi) is 6.93. The zero-order valence-corrected chi connectivity index (χ0v) is 19.3. The summed E-state index contributed by atoms with van der Waals surface area (Å²) in [4.78, 5) is 40.6. The van der Waals surface area contributed by atoms with Gasteiger partial charge in [0, 0.05) is 29.6 Å². The molecular formula is C23H22N6O4S. The Balaban J connectivity index is 1.59. The van der Waals surface area contributed by atoms with E-state index in [2.05, 4.69) is 25.5 Å². The van der Waals surface area contributed by atoms with Crippen molar-refractivity contribution in [3.05, 3.63) is 92.5 Å². The summed E-state index contributed by atoms with van der Waals surface area (Å²) in [5, 5.41) is 11.9. The highest BCUT2D eigenvalue weighted by molar-refractivity contribution is 7.99. The van der Waals surface area contributed by atoms with Gasteiger partial charge in [0.2, 0.25) is 5.91 Å². The van der Waals surface area contributed by atoms with Crippen LogP contribution in [0.15, 0.2) is 69.3 Å². The Morgan fingerprint density at radius 3 is 2.47 bits per heavy atom. The highest BCUT2D eigenvalue weighted by atomic mass is 32.2. The van der Waals surface area contributed by atoms with Crippen molar-refractivity contribution in [2.75, 3.05) is 18.2 Å². The summed E-state index contributed by atoms with van der Waals surface area (Å²) in [7, 11) is 1.58. The quantitative estimate of drug-likeness (QED) is 0.331. The normalized spacial score (nSPS) is 10.8. The van der Waals surface area contributed by atoms with E-state index in [0.29, 0.717) is 28.1 Å². The molecule has 2 heterocycles. The number of amides is 1. The van der Waals surface area contributed by atoms with Crippen molar-refractivity contribution in [3.63, 3.8) is 0 Å². The molecule has 0 aliphatic rings. The van der Waals surface area contributed by atoms with Crippen molar-refractivity contribution in [2.45, 2.75) is 18.5 Å². The minimum atomic E-state index is -0.597. The van der Waals surface area contributed by atoms with E-state index in [1.54, 1.807) is 23.8 Å². The molecule has 34 heavy (non-hydrogen) atoms. The molecular weight excluding hydrogens is 456 g/mol. The molecule has 174 valence electrons. The molecule has 0 saturated heterocycles. The number of anilines is 1. The predicted molar refractivity (Wildman–Crippen MR) is 129 cm³/mol. The maximum Gasteiger partial charge on any atom is 0.325 e. The Morgan fingerprint density at radius 2 is 1.79 bits per heavy atom. The number of aromatic amines is 2. The van der Waals surface area contributed by atoms with Gasteiger partial charge in [-0.25, -0.2) is 4.79 Å². The first-order valence-electron chi connectivity index (χ1n) is 10.3. The molecule has 0 bridgehead atoms. The fraction of sp³-hybridized carbons (Fsp3) is 0.174. The lowest BCUT2D eigenvalue weighted by atomic mass is 10.2. The van der Waals surface area contributed by atoms with Gasteiger partial charge in [-0.2, -0.15) is 0 Å². The molecule has 4 aromatic rings. The molecule has 0 saturated carbocycles. The fourth-order valence-corrected chi connectivity index (χ4v) is 4.02. The summed E-state index contributed by atoms with van der Waals surface area (Å²) in [6.07, 6.45) is 0.161.